The number of nitrogens with one attached hydrogen (secondary N) is 1. The average Bonchev–Trinajstić information content (AvgIpc) is 3.32. The Morgan fingerprint density at radius 3 is 2.90 bits per heavy atom. The Morgan fingerprint density at radius 1 is 1.28 bits per heavy atom. The summed E-state index contributed by atoms with van der Waals surface area (Å²) in [7, 11) is 0. The van der Waals surface area contributed by atoms with E-state index in [1.807, 2.05) is 6.92 Å². The Labute approximate surface area is 170 Å². The fourth-order valence-corrected chi connectivity index (χ4v) is 3.36. The van der Waals surface area contributed by atoms with E-state index in [9.17, 15) is 13.6 Å². The molecule has 0 fully saturated rings. The number of halogens is 2. The van der Waals surface area contributed by atoms with Crippen LogP contribution in [0.25, 0.3) is 11.3 Å². The number of nitrogens with zero attached hydrogens (tertiary/aromatic N) is 3. The van der Waals surface area contributed by atoms with E-state index in [1.54, 1.807) is 23.6 Å². The third-order valence-electron chi connectivity index (χ3n) is 3.91. The largest absolute Gasteiger partial charge is 0.434 e. The van der Waals surface area contributed by atoms with E-state index in [1.165, 1.54) is 17.4 Å². The van der Waals surface area contributed by atoms with Gasteiger partial charge in [0.05, 0.1) is 5.69 Å². The first-order chi connectivity index (χ1) is 14.0. The van der Waals surface area contributed by atoms with Gasteiger partial charge in [-0.15, -0.1) is 11.3 Å². The van der Waals surface area contributed by atoms with Crippen LogP contribution in [0.3, 0.4) is 0 Å². The summed E-state index contributed by atoms with van der Waals surface area (Å²) in [6.45, 7) is -0.889. The van der Waals surface area contributed by atoms with Crippen molar-refractivity contribution in [3.8, 4) is 17.0 Å². The second kappa shape index (κ2) is 10.1. The van der Waals surface area contributed by atoms with Crippen molar-refractivity contribution in [3.05, 3.63) is 41.4 Å². The van der Waals surface area contributed by atoms with Gasteiger partial charge in [0.1, 0.15) is 5.75 Å². The van der Waals surface area contributed by atoms with Crippen LogP contribution in [0.1, 0.15) is 37.9 Å². The number of para-hydroxylation sites is 1. The number of rotatable bonds is 10. The molecule has 3 rings (SSSR count). The number of thiazole rings is 1. The molecule has 0 unspecified atom stereocenters. The quantitative estimate of drug-likeness (QED) is 0.509. The van der Waals surface area contributed by atoms with Crippen LogP contribution < -0.4 is 10.1 Å². The zero-order valence-corrected chi connectivity index (χ0v) is 16.5. The molecule has 0 aliphatic carbocycles. The maximum atomic E-state index is 12.6. The van der Waals surface area contributed by atoms with Crippen LogP contribution in [-0.4, -0.2) is 27.6 Å². The van der Waals surface area contributed by atoms with Gasteiger partial charge in [0.25, 0.3) is 0 Å². The predicted molar refractivity (Wildman–Crippen MR) is 104 cm³/mol. The molecular formula is C19H20F2N4O3S. The molecule has 0 aliphatic rings. The van der Waals surface area contributed by atoms with E-state index in [2.05, 4.69) is 25.2 Å². The van der Waals surface area contributed by atoms with Crippen molar-refractivity contribution < 1.29 is 22.8 Å². The number of amides is 1. The van der Waals surface area contributed by atoms with Crippen LogP contribution >= 0.6 is 11.3 Å². The van der Waals surface area contributed by atoms with E-state index >= 15 is 0 Å². The van der Waals surface area contributed by atoms with Crippen LogP contribution in [0, 0.1) is 0 Å². The van der Waals surface area contributed by atoms with Gasteiger partial charge in [-0.25, -0.2) is 4.98 Å². The van der Waals surface area contributed by atoms with Crippen molar-refractivity contribution in [1.29, 1.82) is 0 Å². The summed E-state index contributed by atoms with van der Waals surface area (Å²) in [6, 6.07) is 6.39. The zero-order valence-electron chi connectivity index (χ0n) is 15.7. The highest BCUT2D eigenvalue weighted by molar-refractivity contribution is 7.14. The second-order valence-corrected chi connectivity index (χ2v) is 7.03. The minimum Gasteiger partial charge on any atom is -0.434 e. The van der Waals surface area contributed by atoms with Crippen molar-refractivity contribution in [2.24, 2.45) is 0 Å². The number of carbonyl (C=O) groups is 1. The number of ether oxygens (including phenoxy) is 1. The monoisotopic (exact) mass is 422 g/mol. The van der Waals surface area contributed by atoms with Gasteiger partial charge < -0.3 is 14.6 Å². The van der Waals surface area contributed by atoms with Crippen LogP contribution in [0.2, 0.25) is 0 Å². The predicted octanol–water partition coefficient (Wildman–Crippen LogP) is 4.71. The van der Waals surface area contributed by atoms with Gasteiger partial charge in [-0.3, -0.25) is 4.79 Å². The first kappa shape index (κ1) is 20.8. The van der Waals surface area contributed by atoms with Gasteiger partial charge >= 0.3 is 6.61 Å². The molecule has 10 heteroatoms. The van der Waals surface area contributed by atoms with Crippen molar-refractivity contribution in [1.82, 2.24) is 15.1 Å². The summed E-state index contributed by atoms with van der Waals surface area (Å²) in [4.78, 5) is 20.7. The molecule has 0 spiro atoms. The first-order valence-corrected chi connectivity index (χ1v) is 10.0. The Hall–Kier alpha value is -2.88. The van der Waals surface area contributed by atoms with Gasteiger partial charge in [0, 0.05) is 30.2 Å². The fraction of sp³-hybridized carbons (Fsp3) is 0.368. The molecule has 0 saturated carbocycles. The van der Waals surface area contributed by atoms with Gasteiger partial charge in [-0.2, -0.15) is 13.8 Å². The number of hydrogen-bond acceptors (Lipinski definition) is 7. The lowest BCUT2D eigenvalue weighted by Crippen LogP contribution is -2.11. The minimum absolute atomic E-state index is 0.0349. The van der Waals surface area contributed by atoms with Gasteiger partial charge in [-0.05, 0) is 25.0 Å². The fourth-order valence-electron chi connectivity index (χ4n) is 2.63. The van der Waals surface area contributed by atoms with E-state index in [0.717, 1.165) is 12.8 Å². The smallest absolute Gasteiger partial charge is 0.387 e. The zero-order chi connectivity index (χ0) is 20.6. The van der Waals surface area contributed by atoms with E-state index in [4.69, 9.17) is 4.52 Å². The standard InChI is InChI=1S/C19H20F2N4O3S/c1-2-6-15-23-17(28-25-15)10-5-9-16(26)24-19-22-13(11-29-19)12-7-3-4-8-14(12)27-18(20)21/h3-4,7-8,11,18H,2,5-6,9-10H2,1H3,(H,22,24,26). The Balaban J connectivity index is 1.52. The SMILES string of the molecule is CCCc1noc(CCCC(=O)Nc2nc(-c3ccccc3OC(F)F)cs2)n1. The summed E-state index contributed by atoms with van der Waals surface area (Å²) < 4.78 is 34.8. The second-order valence-electron chi connectivity index (χ2n) is 6.17. The molecule has 29 heavy (non-hydrogen) atoms. The highest BCUT2D eigenvalue weighted by atomic mass is 32.1. The minimum atomic E-state index is -2.93. The molecule has 0 aliphatic heterocycles. The van der Waals surface area contributed by atoms with Crippen LogP contribution in [0.5, 0.6) is 5.75 Å². The van der Waals surface area contributed by atoms with E-state index in [-0.39, 0.29) is 18.1 Å². The molecular weight excluding hydrogens is 402 g/mol. The maximum Gasteiger partial charge on any atom is 0.387 e. The van der Waals surface area contributed by atoms with Crippen LogP contribution in [-0.2, 0) is 17.6 Å². The molecule has 0 saturated heterocycles. The Morgan fingerprint density at radius 2 is 2.10 bits per heavy atom. The molecule has 0 radical (unpaired) electrons. The number of alkyl halides is 2. The topological polar surface area (TPSA) is 90.1 Å². The van der Waals surface area contributed by atoms with Gasteiger partial charge in [0.15, 0.2) is 11.0 Å². The van der Waals surface area contributed by atoms with Crippen molar-refractivity contribution >= 4 is 22.4 Å². The lowest BCUT2D eigenvalue weighted by molar-refractivity contribution is -0.116. The molecule has 0 bridgehead atoms. The van der Waals surface area contributed by atoms with Gasteiger partial charge in [0.2, 0.25) is 11.8 Å². The van der Waals surface area contributed by atoms with E-state index in [0.29, 0.717) is 40.9 Å². The molecule has 7 nitrogen and oxygen atoms in total. The molecule has 3 aromatic rings. The van der Waals surface area contributed by atoms with E-state index < -0.39 is 6.61 Å². The van der Waals surface area contributed by atoms with Gasteiger partial charge in [-0.1, -0.05) is 24.2 Å². The number of anilines is 1. The van der Waals surface area contributed by atoms with Crippen molar-refractivity contribution in [3.63, 3.8) is 0 Å². The number of aryl methyl sites for hydroxylation is 2. The normalized spacial score (nSPS) is 11.0. The Kier molecular flexibility index (Phi) is 7.23. The summed E-state index contributed by atoms with van der Waals surface area (Å²) in [6.07, 6.45) is 3.05. The highest BCUT2D eigenvalue weighted by Gasteiger charge is 2.14. The number of aromatic nitrogens is 3. The van der Waals surface area contributed by atoms with Crippen LogP contribution in [0.15, 0.2) is 34.2 Å². The average molecular weight is 422 g/mol. The number of carbonyl (C=O) groups excluding carboxylic acids is 1. The first-order valence-electron chi connectivity index (χ1n) is 9.16. The Bertz CT molecular complexity index is 945. The maximum absolute atomic E-state index is 12.6. The lowest BCUT2D eigenvalue weighted by atomic mass is 10.1. The third-order valence-corrected chi connectivity index (χ3v) is 4.67. The molecule has 0 atom stereocenters. The molecule has 2 aromatic heterocycles. The summed E-state index contributed by atoms with van der Waals surface area (Å²) in [5.74, 6) is 1.04. The summed E-state index contributed by atoms with van der Waals surface area (Å²) >= 11 is 1.21. The highest BCUT2D eigenvalue weighted by Crippen LogP contribution is 2.33. The molecule has 154 valence electrons. The molecule has 1 aromatic carbocycles. The van der Waals surface area contributed by atoms with Crippen molar-refractivity contribution in [2.75, 3.05) is 5.32 Å². The number of benzene rings is 1. The molecule has 2 heterocycles. The number of hydrogen-bond donors (Lipinski definition) is 1. The molecule has 1 N–H and O–H groups in total. The summed E-state index contributed by atoms with van der Waals surface area (Å²) in [5, 5.41) is 8.66. The van der Waals surface area contributed by atoms with Crippen LogP contribution in [0.4, 0.5) is 13.9 Å². The summed E-state index contributed by atoms with van der Waals surface area (Å²) in [5.41, 5.74) is 0.889. The lowest BCUT2D eigenvalue weighted by Gasteiger charge is -2.08. The molecule has 1 amide bonds. The van der Waals surface area contributed by atoms with Crippen molar-refractivity contribution in [2.45, 2.75) is 45.6 Å². The third kappa shape index (κ3) is 6.05.